The van der Waals surface area contributed by atoms with Crippen molar-refractivity contribution in [2.24, 2.45) is 0 Å². The molecular weight excluding hydrogens is 442 g/mol. The molecule has 2 amide bonds. The van der Waals surface area contributed by atoms with Gasteiger partial charge in [0.2, 0.25) is 0 Å². The van der Waals surface area contributed by atoms with E-state index in [9.17, 15) is 35.2 Å². The zero-order valence-electron chi connectivity index (χ0n) is 15.4. The number of piperazine rings is 1. The lowest BCUT2D eigenvalue weighted by Crippen LogP contribution is -2.52. The van der Waals surface area contributed by atoms with Crippen LogP contribution < -0.4 is 0 Å². The van der Waals surface area contributed by atoms with Crippen molar-refractivity contribution in [2.75, 3.05) is 26.2 Å². The highest BCUT2D eigenvalue weighted by molar-refractivity contribution is 8.06. The van der Waals surface area contributed by atoms with Gasteiger partial charge >= 0.3 is 10.5 Å². The molecular formula is C18H16F2N2O6S2. The second-order valence-corrected chi connectivity index (χ2v) is 10.1. The number of sulfone groups is 2. The van der Waals surface area contributed by atoms with E-state index >= 15 is 0 Å². The highest BCUT2D eigenvalue weighted by Gasteiger charge is 2.36. The van der Waals surface area contributed by atoms with Gasteiger partial charge in [0, 0.05) is 26.2 Å². The highest BCUT2D eigenvalue weighted by Crippen LogP contribution is 2.19. The molecule has 2 aromatic carbocycles. The number of carbonyl (C=O) groups excluding carboxylic acids is 2. The first-order valence-corrected chi connectivity index (χ1v) is 11.6. The Morgan fingerprint density at radius 3 is 1.13 bits per heavy atom. The molecule has 160 valence electrons. The number of carbonyl (C=O) groups is 2. The normalized spacial score (nSPS) is 15.1. The Morgan fingerprint density at radius 1 is 0.600 bits per heavy atom. The molecule has 0 atom stereocenters. The largest absolute Gasteiger partial charge is 0.343 e. The average Bonchev–Trinajstić information content (AvgIpc) is 2.73. The number of rotatable bonds is 2. The molecule has 0 N–H and O–H groups in total. The Morgan fingerprint density at radius 2 is 0.867 bits per heavy atom. The molecule has 12 heteroatoms. The lowest BCUT2D eigenvalue weighted by atomic mass is 10.3. The van der Waals surface area contributed by atoms with Crippen LogP contribution in [0.15, 0.2) is 58.3 Å². The number of hydrogen-bond acceptors (Lipinski definition) is 6. The molecule has 0 aliphatic carbocycles. The van der Waals surface area contributed by atoms with E-state index in [1.165, 1.54) is 0 Å². The Bertz CT molecular complexity index is 1080. The summed E-state index contributed by atoms with van der Waals surface area (Å²) in [4.78, 5) is 26.1. The Hall–Kier alpha value is -2.86. The van der Waals surface area contributed by atoms with E-state index in [-0.39, 0.29) is 36.0 Å². The summed E-state index contributed by atoms with van der Waals surface area (Å²) in [6, 6.07) is 7.53. The fourth-order valence-electron chi connectivity index (χ4n) is 2.84. The molecule has 0 aromatic heterocycles. The van der Waals surface area contributed by atoms with Crippen LogP contribution in [0.4, 0.5) is 18.4 Å². The zero-order chi connectivity index (χ0) is 22.1. The third kappa shape index (κ3) is 4.19. The van der Waals surface area contributed by atoms with Gasteiger partial charge < -0.3 is 9.80 Å². The summed E-state index contributed by atoms with van der Waals surface area (Å²) in [6.45, 7) is -0.818. The molecule has 0 spiro atoms. The topological polar surface area (TPSA) is 109 Å². The summed E-state index contributed by atoms with van der Waals surface area (Å²) in [5.74, 6) is -1.31. The van der Waals surface area contributed by atoms with Gasteiger partial charge in [-0.15, -0.1) is 0 Å². The van der Waals surface area contributed by atoms with Crippen molar-refractivity contribution in [3.63, 3.8) is 0 Å². The predicted molar refractivity (Wildman–Crippen MR) is 101 cm³/mol. The molecule has 1 saturated heterocycles. The fourth-order valence-corrected chi connectivity index (χ4v) is 5.28. The minimum absolute atomic E-state index is 0.204. The molecule has 3 rings (SSSR count). The molecule has 0 saturated carbocycles. The van der Waals surface area contributed by atoms with Gasteiger partial charge in [-0.3, -0.25) is 9.59 Å². The maximum absolute atomic E-state index is 13.0. The second kappa shape index (κ2) is 8.11. The number of nitrogens with zero attached hydrogens (tertiary/aromatic N) is 2. The van der Waals surface area contributed by atoms with E-state index < -0.39 is 41.8 Å². The number of halogens is 2. The van der Waals surface area contributed by atoms with E-state index in [0.29, 0.717) is 0 Å². The van der Waals surface area contributed by atoms with Crippen molar-refractivity contribution in [1.29, 1.82) is 0 Å². The van der Waals surface area contributed by atoms with Gasteiger partial charge in [0.05, 0.1) is 9.79 Å². The van der Waals surface area contributed by atoms with E-state index in [0.717, 1.165) is 58.3 Å². The molecule has 0 unspecified atom stereocenters. The van der Waals surface area contributed by atoms with Crippen molar-refractivity contribution in [3.05, 3.63) is 60.2 Å². The van der Waals surface area contributed by atoms with E-state index in [1.807, 2.05) is 0 Å². The van der Waals surface area contributed by atoms with Crippen LogP contribution in [0.3, 0.4) is 0 Å². The Balaban J connectivity index is 1.69. The molecule has 1 heterocycles. The van der Waals surface area contributed by atoms with E-state index in [2.05, 4.69) is 0 Å². The van der Waals surface area contributed by atoms with Crippen LogP contribution in [-0.2, 0) is 19.7 Å². The lowest BCUT2D eigenvalue weighted by molar-refractivity contribution is 0.165. The van der Waals surface area contributed by atoms with Crippen LogP contribution in [0, 0.1) is 11.6 Å². The molecule has 30 heavy (non-hydrogen) atoms. The monoisotopic (exact) mass is 458 g/mol. The van der Waals surface area contributed by atoms with Crippen molar-refractivity contribution in [1.82, 2.24) is 9.80 Å². The second-order valence-electron chi connectivity index (χ2n) is 6.42. The minimum atomic E-state index is -4.41. The lowest BCUT2D eigenvalue weighted by Gasteiger charge is -2.34. The van der Waals surface area contributed by atoms with Gasteiger partial charge in [-0.05, 0) is 48.5 Å². The maximum Gasteiger partial charge on any atom is 0.343 e. The van der Waals surface area contributed by atoms with Gasteiger partial charge in [0.1, 0.15) is 11.6 Å². The number of hydrogen-bond donors (Lipinski definition) is 0. The summed E-state index contributed by atoms with van der Waals surface area (Å²) in [6.07, 6.45) is 0. The van der Waals surface area contributed by atoms with E-state index in [4.69, 9.17) is 0 Å². The third-order valence-electron chi connectivity index (χ3n) is 4.50. The summed E-state index contributed by atoms with van der Waals surface area (Å²) in [5.41, 5.74) is 0. The molecule has 0 bridgehead atoms. The fraction of sp³-hybridized carbons (Fsp3) is 0.222. The Kier molecular flexibility index (Phi) is 5.90. The quantitative estimate of drug-likeness (QED) is 0.638. The molecule has 8 nitrogen and oxygen atoms in total. The molecule has 2 aromatic rings. The SMILES string of the molecule is O=C(N1CCN(C(=O)S(=O)(=O)c2ccc(F)cc2)CC1)S(=O)(=O)c1ccc(F)cc1. The van der Waals surface area contributed by atoms with Crippen LogP contribution in [0.1, 0.15) is 0 Å². The van der Waals surface area contributed by atoms with Crippen molar-refractivity contribution >= 4 is 30.2 Å². The van der Waals surface area contributed by atoms with Crippen molar-refractivity contribution in [2.45, 2.75) is 9.79 Å². The summed E-state index contributed by atoms with van der Waals surface area (Å²) < 4.78 is 75.6. The van der Waals surface area contributed by atoms with Crippen LogP contribution >= 0.6 is 0 Å². The minimum Gasteiger partial charge on any atom is -0.326 e. The van der Waals surface area contributed by atoms with Gasteiger partial charge in [0.15, 0.2) is 0 Å². The van der Waals surface area contributed by atoms with Gasteiger partial charge in [-0.1, -0.05) is 0 Å². The maximum atomic E-state index is 13.0. The number of benzene rings is 2. The van der Waals surface area contributed by atoms with Crippen molar-refractivity contribution < 1.29 is 35.2 Å². The average molecular weight is 458 g/mol. The van der Waals surface area contributed by atoms with Gasteiger partial charge in [0.25, 0.3) is 19.7 Å². The molecule has 0 radical (unpaired) electrons. The molecule has 1 aliphatic rings. The third-order valence-corrected chi connectivity index (χ3v) is 7.73. The molecule has 1 aliphatic heterocycles. The van der Waals surface area contributed by atoms with Gasteiger partial charge in [-0.25, -0.2) is 25.6 Å². The zero-order valence-corrected chi connectivity index (χ0v) is 17.0. The first-order chi connectivity index (χ1) is 14.0. The summed E-state index contributed by atoms with van der Waals surface area (Å²) >= 11 is 0. The van der Waals surface area contributed by atoms with Crippen LogP contribution in [0.25, 0.3) is 0 Å². The van der Waals surface area contributed by atoms with Crippen LogP contribution in [0.2, 0.25) is 0 Å². The van der Waals surface area contributed by atoms with Gasteiger partial charge in [-0.2, -0.15) is 0 Å². The summed E-state index contributed by atoms with van der Waals surface area (Å²) in [7, 11) is -8.81. The Labute approximate surface area is 171 Å². The van der Waals surface area contributed by atoms with E-state index in [1.54, 1.807) is 0 Å². The first-order valence-electron chi connectivity index (χ1n) is 8.62. The smallest absolute Gasteiger partial charge is 0.326 e. The summed E-state index contributed by atoms with van der Waals surface area (Å²) in [5, 5.41) is -2.44. The highest BCUT2D eigenvalue weighted by atomic mass is 32.2. The number of amides is 2. The molecule has 1 fully saturated rings. The van der Waals surface area contributed by atoms with Crippen molar-refractivity contribution in [3.8, 4) is 0 Å². The first kappa shape index (κ1) is 21.8. The standard InChI is InChI=1S/C18H16F2N2O6S2/c19-13-1-5-15(6-2-13)29(25,26)17(23)21-9-11-22(12-10-21)18(24)30(27,28)16-7-3-14(20)4-8-16/h1-8H,9-12H2. The van der Waals surface area contributed by atoms with Crippen LogP contribution in [0.5, 0.6) is 0 Å². The van der Waals surface area contributed by atoms with Crippen LogP contribution in [-0.4, -0.2) is 63.3 Å². The predicted octanol–water partition coefficient (Wildman–Crippen LogP) is 2.07.